The third-order valence-electron chi connectivity index (χ3n) is 4.11. The normalized spacial score (nSPS) is 23.9. The number of hydrogen-bond donors (Lipinski definition) is 1. The number of benzene rings is 1. The summed E-state index contributed by atoms with van der Waals surface area (Å²) in [5.41, 5.74) is 2.28. The third kappa shape index (κ3) is 1.93. The Balaban J connectivity index is 1.95. The first kappa shape index (κ1) is 11.7. The predicted molar refractivity (Wildman–Crippen MR) is 72.5 cm³/mol. The minimum absolute atomic E-state index is 0.130. The number of hydrogen-bond acceptors (Lipinski definition) is 2. The molecule has 0 spiro atoms. The molecule has 2 unspecified atom stereocenters. The van der Waals surface area contributed by atoms with Gasteiger partial charge in [-0.2, -0.15) is 0 Å². The van der Waals surface area contributed by atoms with Gasteiger partial charge in [0, 0.05) is 13.0 Å². The van der Waals surface area contributed by atoms with Crippen LogP contribution >= 0.6 is 0 Å². The minimum Gasteiger partial charge on any atom is -0.393 e. The number of aliphatic hydroxyl groups excluding tert-OH is 1. The van der Waals surface area contributed by atoms with Crippen LogP contribution in [0.2, 0.25) is 0 Å². The summed E-state index contributed by atoms with van der Waals surface area (Å²) in [6.45, 7) is 3.10. The summed E-state index contributed by atoms with van der Waals surface area (Å²) in [6.07, 6.45) is 4.02. The van der Waals surface area contributed by atoms with Gasteiger partial charge in [-0.3, -0.25) is 0 Å². The molecule has 3 nitrogen and oxygen atoms in total. The lowest BCUT2D eigenvalue weighted by atomic mass is 10.0. The van der Waals surface area contributed by atoms with E-state index in [0.717, 1.165) is 43.6 Å². The number of fused-ring (bicyclic) bond motifs is 1. The highest BCUT2D eigenvalue weighted by Crippen LogP contribution is 2.29. The van der Waals surface area contributed by atoms with Crippen molar-refractivity contribution in [2.75, 3.05) is 0 Å². The molecule has 1 aliphatic rings. The van der Waals surface area contributed by atoms with Crippen LogP contribution in [0.3, 0.4) is 0 Å². The van der Waals surface area contributed by atoms with Gasteiger partial charge in [0.15, 0.2) is 0 Å². The number of nitrogens with zero attached hydrogens (tertiary/aromatic N) is 2. The van der Waals surface area contributed by atoms with E-state index in [1.165, 1.54) is 5.52 Å². The van der Waals surface area contributed by atoms with Crippen LogP contribution in [0.5, 0.6) is 0 Å². The van der Waals surface area contributed by atoms with E-state index in [9.17, 15) is 5.11 Å². The standard InChI is InChI=1S/C15H20N2O/c1-2-17-13-8-4-3-7-12(13)16-15(17)10-11-6-5-9-14(11)18/h3-4,7-8,11,14,18H,2,5-6,9-10H2,1H3. The highest BCUT2D eigenvalue weighted by Gasteiger charge is 2.27. The number of aromatic nitrogens is 2. The first-order chi connectivity index (χ1) is 8.79. The molecule has 0 radical (unpaired) electrons. The topological polar surface area (TPSA) is 38.0 Å². The van der Waals surface area contributed by atoms with Crippen LogP contribution in [0.4, 0.5) is 0 Å². The first-order valence-electron chi connectivity index (χ1n) is 6.91. The van der Waals surface area contributed by atoms with E-state index in [2.05, 4.69) is 29.7 Å². The van der Waals surface area contributed by atoms with E-state index in [1.807, 2.05) is 6.07 Å². The van der Waals surface area contributed by atoms with Gasteiger partial charge in [0.2, 0.25) is 0 Å². The zero-order valence-corrected chi connectivity index (χ0v) is 10.8. The predicted octanol–water partition coefficient (Wildman–Crippen LogP) is 2.76. The van der Waals surface area contributed by atoms with E-state index in [-0.39, 0.29) is 6.10 Å². The van der Waals surface area contributed by atoms with Crippen molar-refractivity contribution in [3.05, 3.63) is 30.1 Å². The summed E-state index contributed by atoms with van der Waals surface area (Å²) in [5, 5.41) is 9.95. The van der Waals surface area contributed by atoms with Crippen molar-refractivity contribution in [3.63, 3.8) is 0 Å². The van der Waals surface area contributed by atoms with Crippen LogP contribution in [0, 0.1) is 5.92 Å². The molecule has 0 saturated heterocycles. The molecular formula is C15H20N2O. The lowest BCUT2D eigenvalue weighted by Crippen LogP contribution is -2.18. The van der Waals surface area contributed by atoms with Gasteiger partial charge in [-0.15, -0.1) is 0 Å². The maximum absolute atomic E-state index is 9.95. The summed E-state index contributed by atoms with van der Waals surface area (Å²) in [5.74, 6) is 1.52. The van der Waals surface area contributed by atoms with Gasteiger partial charge in [0.1, 0.15) is 5.82 Å². The van der Waals surface area contributed by atoms with E-state index < -0.39 is 0 Å². The van der Waals surface area contributed by atoms with E-state index in [0.29, 0.717) is 5.92 Å². The number of para-hydroxylation sites is 2. The molecule has 1 saturated carbocycles. The summed E-state index contributed by atoms with van der Waals surface area (Å²) in [4.78, 5) is 4.73. The molecule has 0 bridgehead atoms. The second-order valence-corrected chi connectivity index (χ2v) is 5.22. The van der Waals surface area contributed by atoms with Crippen LogP contribution in [-0.2, 0) is 13.0 Å². The average Bonchev–Trinajstić information content (AvgIpc) is 2.93. The highest BCUT2D eigenvalue weighted by atomic mass is 16.3. The maximum atomic E-state index is 9.95. The Labute approximate surface area is 107 Å². The van der Waals surface area contributed by atoms with Crippen molar-refractivity contribution in [2.24, 2.45) is 5.92 Å². The van der Waals surface area contributed by atoms with Gasteiger partial charge < -0.3 is 9.67 Å². The van der Waals surface area contributed by atoms with Crippen molar-refractivity contribution >= 4 is 11.0 Å². The molecule has 1 heterocycles. The Morgan fingerprint density at radius 1 is 1.33 bits per heavy atom. The van der Waals surface area contributed by atoms with E-state index in [4.69, 9.17) is 4.98 Å². The molecule has 1 fully saturated rings. The molecular weight excluding hydrogens is 224 g/mol. The van der Waals surface area contributed by atoms with Gasteiger partial charge >= 0.3 is 0 Å². The quantitative estimate of drug-likeness (QED) is 0.901. The fraction of sp³-hybridized carbons (Fsp3) is 0.533. The first-order valence-corrected chi connectivity index (χ1v) is 6.91. The smallest absolute Gasteiger partial charge is 0.110 e. The molecule has 3 rings (SSSR count). The fourth-order valence-electron chi connectivity index (χ4n) is 3.12. The van der Waals surface area contributed by atoms with Gasteiger partial charge in [-0.25, -0.2) is 4.98 Å². The largest absolute Gasteiger partial charge is 0.393 e. The van der Waals surface area contributed by atoms with Crippen LogP contribution in [-0.4, -0.2) is 20.8 Å². The van der Waals surface area contributed by atoms with Gasteiger partial charge in [-0.1, -0.05) is 18.6 Å². The summed E-state index contributed by atoms with van der Waals surface area (Å²) < 4.78 is 2.28. The molecule has 0 amide bonds. The highest BCUT2D eigenvalue weighted by molar-refractivity contribution is 5.75. The van der Waals surface area contributed by atoms with Crippen molar-refractivity contribution in [3.8, 4) is 0 Å². The Hall–Kier alpha value is -1.35. The van der Waals surface area contributed by atoms with E-state index >= 15 is 0 Å². The molecule has 1 aromatic heterocycles. The van der Waals surface area contributed by atoms with Crippen molar-refractivity contribution in [1.29, 1.82) is 0 Å². The molecule has 2 aromatic rings. The molecule has 1 N–H and O–H groups in total. The number of rotatable bonds is 3. The Morgan fingerprint density at radius 3 is 2.89 bits per heavy atom. The number of imidazole rings is 1. The second-order valence-electron chi connectivity index (χ2n) is 5.22. The van der Waals surface area contributed by atoms with Gasteiger partial charge in [0.25, 0.3) is 0 Å². The zero-order valence-electron chi connectivity index (χ0n) is 10.8. The molecule has 0 aliphatic heterocycles. The van der Waals surface area contributed by atoms with Crippen LogP contribution in [0.1, 0.15) is 32.0 Å². The average molecular weight is 244 g/mol. The molecule has 2 atom stereocenters. The lowest BCUT2D eigenvalue weighted by Gasteiger charge is -2.14. The fourth-order valence-corrected chi connectivity index (χ4v) is 3.12. The molecule has 1 aliphatic carbocycles. The number of aliphatic hydroxyl groups is 1. The molecule has 3 heteroatoms. The van der Waals surface area contributed by atoms with Gasteiger partial charge in [-0.05, 0) is 37.8 Å². The Kier molecular flexibility index (Phi) is 3.08. The van der Waals surface area contributed by atoms with Crippen LogP contribution in [0.25, 0.3) is 11.0 Å². The molecule has 1 aromatic carbocycles. The minimum atomic E-state index is -0.130. The monoisotopic (exact) mass is 244 g/mol. The molecule has 18 heavy (non-hydrogen) atoms. The summed E-state index contributed by atoms with van der Waals surface area (Å²) in [6, 6.07) is 8.28. The maximum Gasteiger partial charge on any atom is 0.110 e. The lowest BCUT2D eigenvalue weighted by molar-refractivity contribution is 0.131. The van der Waals surface area contributed by atoms with Crippen LogP contribution in [0.15, 0.2) is 24.3 Å². The van der Waals surface area contributed by atoms with Crippen LogP contribution < -0.4 is 0 Å². The van der Waals surface area contributed by atoms with Crippen molar-refractivity contribution in [2.45, 2.75) is 45.3 Å². The summed E-state index contributed by atoms with van der Waals surface area (Å²) >= 11 is 0. The van der Waals surface area contributed by atoms with E-state index in [1.54, 1.807) is 0 Å². The Bertz CT molecular complexity index is 546. The second kappa shape index (κ2) is 4.73. The van der Waals surface area contributed by atoms with Crippen molar-refractivity contribution < 1.29 is 5.11 Å². The SMILES string of the molecule is CCn1c(CC2CCCC2O)nc2ccccc21. The third-order valence-corrected chi connectivity index (χ3v) is 4.11. The molecule has 96 valence electrons. The zero-order chi connectivity index (χ0) is 12.5. The number of aryl methyl sites for hydroxylation is 1. The van der Waals surface area contributed by atoms with Gasteiger partial charge in [0.05, 0.1) is 17.1 Å². The Morgan fingerprint density at radius 2 is 2.17 bits per heavy atom. The van der Waals surface area contributed by atoms with Crippen molar-refractivity contribution in [1.82, 2.24) is 9.55 Å². The summed E-state index contributed by atoms with van der Waals surface area (Å²) in [7, 11) is 0.